The summed E-state index contributed by atoms with van der Waals surface area (Å²) in [6.07, 6.45) is 0. The van der Waals surface area contributed by atoms with Gasteiger partial charge in [-0.3, -0.25) is 0 Å². The summed E-state index contributed by atoms with van der Waals surface area (Å²) in [5, 5.41) is 12.5. The number of carboxylic acids is 1. The topological polar surface area (TPSA) is 63.3 Å². The van der Waals surface area contributed by atoms with Crippen molar-refractivity contribution < 1.29 is 14.4 Å². The lowest BCUT2D eigenvalue weighted by atomic mass is 9.79. The van der Waals surface area contributed by atoms with E-state index >= 15 is 0 Å². The zero-order valence-corrected chi connectivity index (χ0v) is 11.5. The molecule has 2 aromatic rings. The van der Waals surface area contributed by atoms with Gasteiger partial charge in [-0.15, -0.1) is 0 Å². The zero-order valence-electron chi connectivity index (χ0n) is 11.5. The minimum Gasteiger partial charge on any atom is -0.476 e. The quantitative estimate of drug-likeness (QED) is 0.918. The number of carboxylic acid groups (broad SMARTS) is 1. The molecule has 0 unspecified atom stereocenters. The van der Waals surface area contributed by atoms with Crippen LogP contribution >= 0.6 is 0 Å². The molecule has 19 heavy (non-hydrogen) atoms. The number of aromatic carboxylic acids is 1. The Morgan fingerprint density at radius 2 is 1.95 bits per heavy atom. The van der Waals surface area contributed by atoms with Crippen LogP contribution in [0.5, 0.6) is 0 Å². The maximum Gasteiger partial charge on any atom is 0.358 e. The minimum absolute atomic E-state index is 0.0617. The molecule has 1 heterocycles. The van der Waals surface area contributed by atoms with Crippen molar-refractivity contribution in [3.05, 3.63) is 52.4 Å². The van der Waals surface area contributed by atoms with Crippen LogP contribution in [0.3, 0.4) is 0 Å². The highest BCUT2D eigenvalue weighted by Gasteiger charge is 2.30. The summed E-state index contributed by atoms with van der Waals surface area (Å²) < 4.78 is 5.21. The lowest BCUT2D eigenvalue weighted by Gasteiger charge is -2.24. The van der Waals surface area contributed by atoms with Crippen molar-refractivity contribution in [3.63, 3.8) is 0 Å². The Bertz CT molecular complexity index is 626. The Hall–Kier alpha value is -2.10. The first-order valence-corrected chi connectivity index (χ1v) is 6.10. The van der Waals surface area contributed by atoms with Crippen molar-refractivity contribution in [2.75, 3.05) is 0 Å². The maximum absolute atomic E-state index is 10.9. The molecule has 4 nitrogen and oxygen atoms in total. The van der Waals surface area contributed by atoms with Gasteiger partial charge in [0.05, 0.1) is 5.41 Å². The smallest absolute Gasteiger partial charge is 0.358 e. The van der Waals surface area contributed by atoms with Gasteiger partial charge < -0.3 is 9.63 Å². The van der Waals surface area contributed by atoms with Crippen LogP contribution in [0.25, 0.3) is 0 Å². The molecular weight excluding hydrogens is 242 g/mol. The van der Waals surface area contributed by atoms with Gasteiger partial charge in [-0.2, -0.15) is 0 Å². The second kappa shape index (κ2) is 4.53. The Kier molecular flexibility index (Phi) is 3.18. The lowest BCUT2D eigenvalue weighted by Crippen LogP contribution is -2.19. The van der Waals surface area contributed by atoms with E-state index in [-0.39, 0.29) is 5.69 Å². The third-order valence-corrected chi connectivity index (χ3v) is 3.41. The standard InChI is InChI=1S/C15H17NO3/c1-9-5-6-10(2)11(7-9)15(3,4)13-8-12(14(17)18)16-19-13/h5-8H,1-4H3,(H,17,18). The lowest BCUT2D eigenvalue weighted by molar-refractivity contribution is 0.0685. The summed E-state index contributed by atoms with van der Waals surface area (Å²) in [5.41, 5.74) is 2.93. The Labute approximate surface area is 112 Å². The van der Waals surface area contributed by atoms with Gasteiger partial charge in [-0.25, -0.2) is 4.79 Å². The second-order valence-corrected chi connectivity index (χ2v) is 5.32. The average Bonchev–Trinajstić information content (AvgIpc) is 2.82. The molecule has 1 aromatic carbocycles. The third-order valence-electron chi connectivity index (χ3n) is 3.41. The number of hydrogen-bond acceptors (Lipinski definition) is 3. The Balaban J connectivity index is 2.51. The first-order chi connectivity index (χ1) is 8.82. The fourth-order valence-electron chi connectivity index (χ4n) is 2.21. The zero-order chi connectivity index (χ0) is 14.2. The normalized spacial score (nSPS) is 11.6. The number of aromatic nitrogens is 1. The van der Waals surface area contributed by atoms with Gasteiger partial charge in [0.2, 0.25) is 0 Å². The number of hydrogen-bond donors (Lipinski definition) is 1. The van der Waals surface area contributed by atoms with Crippen LogP contribution in [-0.4, -0.2) is 16.2 Å². The molecule has 0 aliphatic carbocycles. The molecule has 1 N–H and O–H groups in total. The molecule has 0 aliphatic heterocycles. The molecule has 0 amide bonds. The highest BCUT2D eigenvalue weighted by Crippen LogP contribution is 2.34. The van der Waals surface area contributed by atoms with Crippen LogP contribution in [0.2, 0.25) is 0 Å². The van der Waals surface area contributed by atoms with Crippen LogP contribution in [0, 0.1) is 13.8 Å². The summed E-state index contributed by atoms with van der Waals surface area (Å²) >= 11 is 0. The van der Waals surface area contributed by atoms with E-state index in [9.17, 15) is 4.79 Å². The van der Waals surface area contributed by atoms with Crippen molar-refractivity contribution in [2.24, 2.45) is 0 Å². The molecule has 1 aromatic heterocycles. The molecule has 0 fully saturated rings. The molecule has 100 valence electrons. The van der Waals surface area contributed by atoms with Crippen LogP contribution < -0.4 is 0 Å². The molecule has 0 saturated heterocycles. The Morgan fingerprint density at radius 1 is 1.26 bits per heavy atom. The predicted octanol–water partition coefficient (Wildman–Crippen LogP) is 3.32. The summed E-state index contributed by atoms with van der Waals surface area (Å²) in [4.78, 5) is 10.9. The molecular formula is C15H17NO3. The van der Waals surface area contributed by atoms with E-state index in [4.69, 9.17) is 9.63 Å². The fraction of sp³-hybridized carbons (Fsp3) is 0.333. The van der Waals surface area contributed by atoms with Gasteiger partial charge in [0.25, 0.3) is 0 Å². The molecule has 4 heteroatoms. The maximum atomic E-state index is 10.9. The molecule has 0 aliphatic rings. The van der Waals surface area contributed by atoms with Gasteiger partial charge >= 0.3 is 5.97 Å². The third kappa shape index (κ3) is 2.38. The highest BCUT2D eigenvalue weighted by molar-refractivity contribution is 5.85. The van der Waals surface area contributed by atoms with Crippen molar-refractivity contribution in [2.45, 2.75) is 33.1 Å². The first kappa shape index (κ1) is 13.3. The van der Waals surface area contributed by atoms with Crippen LogP contribution in [-0.2, 0) is 5.41 Å². The van der Waals surface area contributed by atoms with Crippen LogP contribution in [0.4, 0.5) is 0 Å². The van der Waals surface area contributed by atoms with E-state index in [2.05, 4.69) is 23.4 Å². The van der Waals surface area contributed by atoms with Crippen molar-refractivity contribution >= 4 is 5.97 Å². The Morgan fingerprint density at radius 3 is 2.53 bits per heavy atom. The molecule has 0 spiro atoms. The van der Waals surface area contributed by atoms with Crippen LogP contribution in [0.1, 0.15) is 46.8 Å². The predicted molar refractivity (Wildman–Crippen MR) is 71.5 cm³/mol. The van der Waals surface area contributed by atoms with E-state index in [1.54, 1.807) is 0 Å². The number of aryl methyl sites for hydroxylation is 2. The van der Waals surface area contributed by atoms with Crippen molar-refractivity contribution in [1.82, 2.24) is 5.16 Å². The van der Waals surface area contributed by atoms with E-state index < -0.39 is 11.4 Å². The minimum atomic E-state index is -1.08. The summed E-state index contributed by atoms with van der Waals surface area (Å²) in [5.74, 6) is -0.523. The first-order valence-electron chi connectivity index (χ1n) is 6.10. The second-order valence-electron chi connectivity index (χ2n) is 5.32. The molecule has 0 bridgehead atoms. The van der Waals surface area contributed by atoms with Gasteiger partial charge in [0.1, 0.15) is 5.76 Å². The SMILES string of the molecule is Cc1ccc(C)c(C(C)(C)c2cc(C(=O)O)no2)c1. The monoisotopic (exact) mass is 259 g/mol. The van der Waals surface area contributed by atoms with E-state index in [0.717, 1.165) is 16.7 Å². The number of benzene rings is 1. The van der Waals surface area contributed by atoms with E-state index in [1.807, 2.05) is 27.7 Å². The highest BCUT2D eigenvalue weighted by atomic mass is 16.5. The van der Waals surface area contributed by atoms with Crippen molar-refractivity contribution in [1.29, 1.82) is 0 Å². The van der Waals surface area contributed by atoms with Gasteiger partial charge in [-0.05, 0) is 38.8 Å². The summed E-state index contributed by atoms with van der Waals surface area (Å²) in [7, 11) is 0. The van der Waals surface area contributed by atoms with Gasteiger partial charge in [0, 0.05) is 6.07 Å². The molecule has 2 rings (SSSR count). The summed E-state index contributed by atoms with van der Waals surface area (Å²) in [6, 6.07) is 7.70. The number of rotatable bonds is 3. The number of nitrogens with zero attached hydrogens (tertiary/aromatic N) is 1. The van der Waals surface area contributed by atoms with Gasteiger partial charge in [0.15, 0.2) is 5.69 Å². The largest absolute Gasteiger partial charge is 0.476 e. The van der Waals surface area contributed by atoms with Gasteiger partial charge in [-0.1, -0.05) is 28.9 Å². The molecule has 0 radical (unpaired) electrons. The molecule has 0 saturated carbocycles. The van der Waals surface area contributed by atoms with Crippen molar-refractivity contribution in [3.8, 4) is 0 Å². The van der Waals surface area contributed by atoms with E-state index in [1.165, 1.54) is 6.07 Å². The van der Waals surface area contributed by atoms with E-state index in [0.29, 0.717) is 5.76 Å². The average molecular weight is 259 g/mol. The number of carbonyl (C=O) groups is 1. The summed E-state index contributed by atoms with van der Waals surface area (Å²) in [6.45, 7) is 8.06. The molecule has 0 atom stereocenters. The fourth-order valence-corrected chi connectivity index (χ4v) is 2.21. The van der Waals surface area contributed by atoms with Crippen LogP contribution in [0.15, 0.2) is 28.8 Å².